The van der Waals surface area contributed by atoms with Gasteiger partial charge in [-0.1, -0.05) is 182 Å². The van der Waals surface area contributed by atoms with E-state index in [4.69, 9.17) is 14.2 Å². The molecule has 0 spiro atoms. The monoisotopic (exact) mass is 803 g/mol. The van der Waals surface area contributed by atoms with E-state index in [2.05, 4.69) is 106 Å². The van der Waals surface area contributed by atoms with Crippen molar-refractivity contribution in [2.45, 2.75) is 187 Å². The molecule has 0 radical (unpaired) electrons. The molecule has 0 fully saturated rings. The van der Waals surface area contributed by atoms with E-state index in [0.29, 0.717) is 12.8 Å². The van der Waals surface area contributed by atoms with Crippen molar-refractivity contribution in [2.75, 3.05) is 13.2 Å². The maximum atomic E-state index is 12.7. The second kappa shape index (κ2) is 45.8. The van der Waals surface area contributed by atoms with Crippen molar-refractivity contribution in [3.63, 3.8) is 0 Å². The van der Waals surface area contributed by atoms with Crippen LogP contribution in [0.25, 0.3) is 0 Å². The lowest BCUT2D eigenvalue weighted by molar-refractivity contribution is -0.167. The quantitative estimate of drug-likeness (QED) is 0.0202. The van der Waals surface area contributed by atoms with Crippen LogP contribution in [0.1, 0.15) is 181 Å². The number of allylic oxidation sites excluding steroid dienone is 18. The molecule has 0 aliphatic heterocycles. The van der Waals surface area contributed by atoms with Crippen molar-refractivity contribution in [2.24, 2.45) is 0 Å². The van der Waals surface area contributed by atoms with Crippen molar-refractivity contribution in [1.82, 2.24) is 0 Å². The Balaban J connectivity index is 4.52. The molecule has 0 N–H and O–H groups in total. The highest BCUT2D eigenvalue weighted by molar-refractivity contribution is 5.71. The van der Waals surface area contributed by atoms with Crippen molar-refractivity contribution < 1.29 is 28.6 Å². The van der Waals surface area contributed by atoms with Crippen LogP contribution in [0.5, 0.6) is 0 Å². The predicted molar refractivity (Wildman–Crippen MR) is 247 cm³/mol. The summed E-state index contributed by atoms with van der Waals surface area (Å²) in [6.07, 6.45) is 60.7. The molecule has 58 heavy (non-hydrogen) atoms. The van der Waals surface area contributed by atoms with Gasteiger partial charge in [0.25, 0.3) is 0 Å². The van der Waals surface area contributed by atoms with Crippen LogP contribution in [-0.4, -0.2) is 37.2 Å². The summed E-state index contributed by atoms with van der Waals surface area (Å²) in [5, 5.41) is 0. The van der Waals surface area contributed by atoms with Crippen molar-refractivity contribution in [3.05, 3.63) is 109 Å². The summed E-state index contributed by atoms with van der Waals surface area (Å²) in [5.74, 6) is -0.995. The summed E-state index contributed by atoms with van der Waals surface area (Å²) < 4.78 is 16.7. The molecule has 1 atom stereocenters. The molecule has 0 aromatic rings. The van der Waals surface area contributed by atoms with Crippen molar-refractivity contribution in [1.29, 1.82) is 0 Å². The number of carbonyl (C=O) groups is 3. The Bertz CT molecular complexity index is 1240. The zero-order valence-electron chi connectivity index (χ0n) is 37.0. The molecule has 0 saturated carbocycles. The molecule has 0 heterocycles. The van der Waals surface area contributed by atoms with Gasteiger partial charge in [-0.25, -0.2) is 0 Å². The Hall–Kier alpha value is -3.93. The SMILES string of the molecule is CC\C=C/C=C\C=C/C=C\CCCCCCCC(=O)OCC(COC(=O)CCCCC/C=C\C=C/CCCC)OC(=O)CCCCCC/C=C\C/C=C\C/C=C\CC. The summed E-state index contributed by atoms with van der Waals surface area (Å²) in [6.45, 7) is 6.23. The van der Waals surface area contributed by atoms with Gasteiger partial charge < -0.3 is 14.2 Å². The molecule has 1 unspecified atom stereocenters. The van der Waals surface area contributed by atoms with Crippen LogP contribution in [0, 0.1) is 0 Å². The Labute approximate surface area is 355 Å². The Kier molecular flexibility index (Phi) is 42.7. The largest absolute Gasteiger partial charge is 0.462 e. The van der Waals surface area contributed by atoms with Gasteiger partial charge in [0, 0.05) is 19.3 Å². The fraction of sp³-hybridized carbons (Fsp3) is 0.596. The van der Waals surface area contributed by atoms with Gasteiger partial charge in [0.1, 0.15) is 13.2 Å². The second-order valence-corrected chi connectivity index (χ2v) is 14.7. The summed E-state index contributed by atoms with van der Waals surface area (Å²) in [4.78, 5) is 37.8. The minimum absolute atomic E-state index is 0.111. The molecule has 0 amide bonds. The van der Waals surface area contributed by atoms with Gasteiger partial charge in [-0.2, -0.15) is 0 Å². The summed E-state index contributed by atoms with van der Waals surface area (Å²) in [7, 11) is 0. The maximum absolute atomic E-state index is 12.7. The molecule has 0 aliphatic carbocycles. The molecule has 0 aromatic heterocycles. The van der Waals surface area contributed by atoms with Crippen LogP contribution >= 0.6 is 0 Å². The maximum Gasteiger partial charge on any atom is 0.306 e. The van der Waals surface area contributed by atoms with E-state index in [1.807, 2.05) is 24.3 Å². The van der Waals surface area contributed by atoms with Crippen LogP contribution in [0.4, 0.5) is 0 Å². The number of rotatable bonds is 39. The average molecular weight is 803 g/mol. The lowest BCUT2D eigenvalue weighted by Gasteiger charge is -2.18. The highest BCUT2D eigenvalue weighted by Crippen LogP contribution is 2.12. The third-order valence-corrected chi connectivity index (χ3v) is 9.11. The molecule has 326 valence electrons. The van der Waals surface area contributed by atoms with E-state index < -0.39 is 6.10 Å². The fourth-order valence-electron chi connectivity index (χ4n) is 5.68. The number of hydrogen-bond acceptors (Lipinski definition) is 6. The first kappa shape index (κ1) is 54.1. The third kappa shape index (κ3) is 43.2. The number of hydrogen-bond donors (Lipinski definition) is 0. The molecule has 6 heteroatoms. The minimum atomic E-state index is -0.811. The van der Waals surface area contributed by atoms with Crippen LogP contribution in [-0.2, 0) is 28.6 Å². The third-order valence-electron chi connectivity index (χ3n) is 9.11. The van der Waals surface area contributed by atoms with Gasteiger partial charge in [-0.3, -0.25) is 14.4 Å². The lowest BCUT2D eigenvalue weighted by atomic mass is 10.1. The standard InChI is InChI=1S/C52H82O6/c1-4-7-10-13-16-19-22-24-26-28-30-33-36-39-42-45-51(54)57-48-49(47-56-50(53)44-41-38-35-32-29-21-18-15-12-9-6-3)58-52(55)46-43-40-37-34-31-27-25-23-20-17-14-11-8-5-2/h7-8,10-11,13,15-22,24-27,29,49H,4-6,9,12,14,23,28,30-48H2,1-3H3/b10-7-,11-8-,16-13-,18-15-,20-17-,22-19-,26-24-,27-25-,29-21-. The van der Waals surface area contributed by atoms with E-state index in [0.717, 1.165) is 128 Å². The minimum Gasteiger partial charge on any atom is -0.462 e. The lowest BCUT2D eigenvalue weighted by Crippen LogP contribution is -2.30. The molecule has 6 nitrogen and oxygen atoms in total. The zero-order valence-corrected chi connectivity index (χ0v) is 37.0. The van der Waals surface area contributed by atoms with Gasteiger partial charge in [-0.05, 0) is 89.9 Å². The normalized spacial score (nSPS) is 13.1. The molecule has 0 aliphatic rings. The van der Waals surface area contributed by atoms with Gasteiger partial charge >= 0.3 is 17.9 Å². The molecule has 0 rings (SSSR count). The number of unbranched alkanes of at least 4 members (excludes halogenated alkanes) is 14. The highest BCUT2D eigenvalue weighted by Gasteiger charge is 2.19. The molecular formula is C52H82O6. The molecule has 0 bridgehead atoms. The molecule has 0 aromatic carbocycles. The first-order valence-electron chi connectivity index (χ1n) is 23.0. The highest BCUT2D eigenvalue weighted by atomic mass is 16.6. The second-order valence-electron chi connectivity index (χ2n) is 14.7. The molecular weight excluding hydrogens is 721 g/mol. The van der Waals surface area contributed by atoms with Gasteiger partial charge in [0.2, 0.25) is 0 Å². The Morgan fingerprint density at radius 2 is 0.759 bits per heavy atom. The van der Waals surface area contributed by atoms with Crippen LogP contribution in [0.3, 0.4) is 0 Å². The van der Waals surface area contributed by atoms with E-state index >= 15 is 0 Å². The Morgan fingerprint density at radius 3 is 1.29 bits per heavy atom. The van der Waals surface area contributed by atoms with E-state index in [1.54, 1.807) is 0 Å². The van der Waals surface area contributed by atoms with Crippen molar-refractivity contribution >= 4 is 17.9 Å². The van der Waals surface area contributed by atoms with Crippen LogP contribution in [0.2, 0.25) is 0 Å². The first-order valence-corrected chi connectivity index (χ1v) is 23.0. The van der Waals surface area contributed by atoms with Gasteiger partial charge in [0.15, 0.2) is 6.10 Å². The summed E-state index contributed by atoms with van der Waals surface area (Å²) in [5.41, 5.74) is 0. The van der Waals surface area contributed by atoms with E-state index in [-0.39, 0.29) is 37.5 Å². The zero-order chi connectivity index (χ0) is 42.3. The summed E-state index contributed by atoms with van der Waals surface area (Å²) in [6, 6.07) is 0. The predicted octanol–water partition coefficient (Wildman–Crippen LogP) is 14.8. The van der Waals surface area contributed by atoms with Crippen LogP contribution in [0.15, 0.2) is 109 Å². The summed E-state index contributed by atoms with van der Waals surface area (Å²) >= 11 is 0. The number of ether oxygens (including phenoxy) is 3. The number of esters is 3. The Morgan fingerprint density at radius 1 is 0.379 bits per heavy atom. The average Bonchev–Trinajstić information content (AvgIpc) is 3.22. The fourth-order valence-corrected chi connectivity index (χ4v) is 5.68. The van der Waals surface area contributed by atoms with Crippen molar-refractivity contribution in [3.8, 4) is 0 Å². The topological polar surface area (TPSA) is 78.9 Å². The first-order chi connectivity index (χ1) is 28.5. The van der Waals surface area contributed by atoms with E-state index in [1.165, 1.54) is 12.8 Å². The number of carbonyl (C=O) groups excluding carboxylic acids is 3. The van der Waals surface area contributed by atoms with E-state index in [9.17, 15) is 14.4 Å². The molecule has 0 saturated heterocycles. The van der Waals surface area contributed by atoms with Crippen LogP contribution < -0.4 is 0 Å². The van der Waals surface area contributed by atoms with Gasteiger partial charge in [0.05, 0.1) is 0 Å². The smallest absolute Gasteiger partial charge is 0.306 e. The van der Waals surface area contributed by atoms with Gasteiger partial charge in [-0.15, -0.1) is 0 Å².